The van der Waals surface area contributed by atoms with Crippen LogP contribution in [0.3, 0.4) is 0 Å². The lowest BCUT2D eigenvalue weighted by molar-refractivity contribution is -0.136. The molecule has 3 nitrogen and oxygen atoms in total. The van der Waals surface area contributed by atoms with E-state index in [4.69, 9.17) is 9.84 Å². The van der Waals surface area contributed by atoms with Crippen LogP contribution in [0.2, 0.25) is 0 Å². The predicted octanol–water partition coefficient (Wildman–Crippen LogP) is 7.83. The molecular formula is C29H26O3S. The molecule has 0 aliphatic heterocycles. The first-order valence-corrected chi connectivity index (χ1v) is 12.1. The molecule has 0 saturated heterocycles. The second-order valence-electron chi connectivity index (χ2n) is 7.84. The number of aliphatic carboxylic acids is 1. The van der Waals surface area contributed by atoms with Crippen LogP contribution in [0.15, 0.2) is 97.1 Å². The number of rotatable bonds is 9. The Labute approximate surface area is 199 Å². The fourth-order valence-electron chi connectivity index (χ4n) is 3.59. The van der Waals surface area contributed by atoms with Crippen LogP contribution in [-0.2, 0) is 10.5 Å². The molecule has 33 heavy (non-hydrogen) atoms. The first kappa shape index (κ1) is 22.7. The highest BCUT2D eigenvalue weighted by molar-refractivity contribution is 7.98. The standard InChI is InChI=1S/C29H26O3S/c1-21-7-2-4-11-27(21)32-28-12-5-3-10-26(28)25-9-6-8-24(19-25)23-15-13-22(14-16-23)20-33-18-17-29(30)31/h2-16,19H,17-18,20H2,1H3,(H,30,31). The second-order valence-corrected chi connectivity index (χ2v) is 8.94. The summed E-state index contributed by atoms with van der Waals surface area (Å²) in [5.74, 6) is 2.39. The van der Waals surface area contributed by atoms with Crippen LogP contribution in [-0.4, -0.2) is 16.8 Å². The van der Waals surface area contributed by atoms with E-state index >= 15 is 0 Å². The first-order chi connectivity index (χ1) is 16.1. The van der Waals surface area contributed by atoms with Crippen molar-refractivity contribution in [2.24, 2.45) is 0 Å². The average molecular weight is 455 g/mol. The Morgan fingerprint density at radius 2 is 1.48 bits per heavy atom. The molecule has 0 aliphatic carbocycles. The lowest BCUT2D eigenvalue weighted by atomic mass is 9.98. The zero-order valence-corrected chi connectivity index (χ0v) is 19.3. The van der Waals surface area contributed by atoms with E-state index in [1.54, 1.807) is 11.8 Å². The molecule has 4 rings (SSSR count). The van der Waals surface area contributed by atoms with Gasteiger partial charge in [0, 0.05) is 17.1 Å². The van der Waals surface area contributed by atoms with Gasteiger partial charge >= 0.3 is 5.97 Å². The van der Waals surface area contributed by atoms with Gasteiger partial charge in [0.2, 0.25) is 0 Å². The van der Waals surface area contributed by atoms with Crippen molar-refractivity contribution in [1.29, 1.82) is 0 Å². The monoisotopic (exact) mass is 454 g/mol. The Morgan fingerprint density at radius 3 is 2.24 bits per heavy atom. The molecule has 0 aromatic heterocycles. The van der Waals surface area contributed by atoms with Gasteiger partial charge in [0.05, 0.1) is 6.42 Å². The molecule has 166 valence electrons. The topological polar surface area (TPSA) is 46.5 Å². The lowest BCUT2D eigenvalue weighted by Crippen LogP contribution is -1.96. The highest BCUT2D eigenvalue weighted by atomic mass is 32.2. The zero-order chi connectivity index (χ0) is 23.0. The van der Waals surface area contributed by atoms with Crippen LogP contribution < -0.4 is 4.74 Å². The Hall–Kier alpha value is -3.50. The van der Waals surface area contributed by atoms with Gasteiger partial charge in [0.1, 0.15) is 11.5 Å². The van der Waals surface area contributed by atoms with Gasteiger partial charge in [-0.25, -0.2) is 0 Å². The number of para-hydroxylation sites is 2. The first-order valence-electron chi connectivity index (χ1n) is 10.9. The van der Waals surface area contributed by atoms with Gasteiger partial charge in [-0.05, 0) is 52.9 Å². The van der Waals surface area contributed by atoms with Gasteiger partial charge in [0.15, 0.2) is 0 Å². The summed E-state index contributed by atoms with van der Waals surface area (Å²) < 4.78 is 6.28. The molecule has 4 aromatic rings. The molecule has 0 fully saturated rings. The van der Waals surface area contributed by atoms with Gasteiger partial charge in [-0.2, -0.15) is 11.8 Å². The maximum absolute atomic E-state index is 10.6. The van der Waals surface area contributed by atoms with Crippen molar-refractivity contribution in [3.63, 3.8) is 0 Å². The Balaban J connectivity index is 1.53. The second kappa shape index (κ2) is 10.9. The van der Waals surface area contributed by atoms with Crippen molar-refractivity contribution in [2.45, 2.75) is 19.1 Å². The molecule has 0 saturated carbocycles. The zero-order valence-electron chi connectivity index (χ0n) is 18.5. The molecule has 0 bridgehead atoms. The van der Waals surface area contributed by atoms with E-state index in [-0.39, 0.29) is 6.42 Å². The number of carbonyl (C=O) groups is 1. The smallest absolute Gasteiger partial charge is 0.304 e. The van der Waals surface area contributed by atoms with Crippen molar-refractivity contribution in [3.05, 3.63) is 108 Å². The highest BCUT2D eigenvalue weighted by Gasteiger charge is 2.10. The normalized spacial score (nSPS) is 10.7. The van der Waals surface area contributed by atoms with Crippen molar-refractivity contribution in [3.8, 4) is 33.8 Å². The van der Waals surface area contributed by atoms with E-state index in [2.05, 4.69) is 54.6 Å². The highest BCUT2D eigenvalue weighted by Crippen LogP contribution is 2.36. The Kier molecular flexibility index (Phi) is 7.48. The van der Waals surface area contributed by atoms with Crippen LogP contribution in [0.1, 0.15) is 17.5 Å². The quantitative estimate of drug-likeness (QED) is 0.262. The molecule has 0 unspecified atom stereocenters. The van der Waals surface area contributed by atoms with Crippen molar-refractivity contribution in [2.75, 3.05) is 5.75 Å². The number of hydrogen-bond acceptors (Lipinski definition) is 3. The Bertz CT molecular complexity index is 1230. The van der Waals surface area contributed by atoms with E-state index in [9.17, 15) is 4.79 Å². The summed E-state index contributed by atoms with van der Waals surface area (Å²) in [6, 6.07) is 33.1. The maximum atomic E-state index is 10.6. The summed E-state index contributed by atoms with van der Waals surface area (Å²) in [6.45, 7) is 2.05. The van der Waals surface area contributed by atoms with E-state index in [0.717, 1.165) is 45.1 Å². The van der Waals surface area contributed by atoms with Gasteiger partial charge < -0.3 is 9.84 Å². The number of aryl methyl sites for hydroxylation is 1. The van der Waals surface area contributed by atoms with Crippen molar-refractivity contribution < 1.29 is 14.6 Å². The molecule has 0 aliphatic rings. The fraction of sp³-hybridized carbons (Fsp3) is 0.138. The predicted molar refractivity (Wildman–Crippen MR) is 137 cm³/mol. The molecule has 1 N–H and O–H groups in total. The van der Waals surface area contributed by atoms with Crippen molar-refractivity contribution >= 4 is 17.7 Å². The largest absolute Gasteiger partial charge is 0.481 e. The molecule has 0 radical (unpaired) electrons. The van der Waals surface area contributed by atoms with E-state index < -0.39 is 5.97 Å². The minimum Gasteiger partial charge on any atom is -0.481 e. The summed E-state index contributed by atoms with van der Waals surface area (Å²) >= 11 is 1.64. The van der Waals surface area contributed by atoms with Crippen LogP contribution in [0.25, 0.3) is 22.3 Å². The van der Waals surface area contributed by atoms with Crippen LogP contribution in [0, 0.1) is 6.92 Å². The molecule has 0 amide bonds. The molecule has 4 aromatic carbocycles. The Morgan fingerprint density at radius 1 is 0.788 bits per heavy atom. The van der Waals surface area contributed by atoms with Crippen LogP contribution >= 0.6 is 11.8 Å². The molecular weight excluding hydrogens is 428 g/mol. The SMILES string of the molecule is Cc1ccccc1Oc1ccccc1-c1cccc(-c2ccc(CSCCC(=O)O)cc2)c1. The number of hydrogen-bond donors (Lipinski definition) is 1. The summed E-state index contributed by atoms with van der Waals surface area (Å²) in [7, 11) is 0. The summed E-state index contributed by atoms with van der Waals surface area (Å²) in [6.07, 6.45) is 0.199. The van der Waals surface area contributed by atoms with Crippen molar-refractivity contribution in [1.82, 2.24) is 0 Å². The summed E-state index contributed by atoms with van der Waals surface area (Å²) in [5, 5.41) is 8.76. The number of carboxylic acid groups (broad SMARTS) is 1. The fourth-order valence-corrected chi connectivity index (χ4v) is 4.48. The minimum atomic E-state index is -0.747. The van der Waals surface area contributed by atoms with Gasteiger partial charge in [0.25, 0.3) is 0 Å². The number of ether oxygens (including phenoxy) is 1. The van der Waals surface area contributed by atoms with E-state index in [0.29, 0.717) is 5.75 Å². The number of thioether (sulfide) groups is 1. The number of carboxylic acids is 1. The molecule has 0 spiro atoms. The average Bonchev–Trinajstić information content (AvgIpc) is 2.84. The summed E-state index contributed by atoms with van der Waals surface area (Å²) in [5.41, 5.74) is 6.74. The maximum Gasteiger partial charge on any atom is 0.304 e. The van der Waals surface area contributed by atoms with Gasteiger partial charge in [-0.15, -0.1) is 0 Å². The third-order valence-corrected chi connectivity index (χ3v) is 6.42. The number of benzene rings is 4. The molecule has 4 heteroatoms. The van der Waals surface area contributed by atoms with E-state index in [1.807, 2.05) is 49.4 Å². The molecule has 0 atom stereocenters. The van der Waals surface area contributed by atoms with E-state index in [1.165, 1.54) is 5.56 Å². The van der Waals surface area contributed by atoms with Gasteiger partial charge in [-0.1, -0.05) is 78.9 Å². The lowest BCUT2D eigenvalue weighted by Gasteiger charge is -2.14. The summed E-state index contributed by atoms with van der Waals surface area (Å²) in [4.78, 5) is 10.6. The minimum absolute atomic E-state index is 0.199. The van der Waals surface area contributed by atoms with Crippen LogP contribution in [0.4, 0.5) is 0 Å². The third-order valence-electron chi connectivity index (χ3n) is 5.39. The molecule has 0 heterocycles. The van der Waals surface area contributed by atoms with Crippen LogP contribution in [0.5, 0.6) is 11.5 Å². The third kappa shape index (κ3) is 6.05. The van der Waals surface area contributed by atoms with Gasteiger partial charge in [-0.3, -0.25) is 4.79 Å².